The molecule has 0 aromatic rings. The molecule has 3 saturated carbocycles. The summed E-state index contributed by atoms with van der Waals surface area (Å²) in [6.45, 7) is 0. The monoisotopic (exact) mass is 232 g/mol. The molecule has 17 heavy (non-hydrogen) atoms. The molecular formula is C15H24N2. The molecule has 0 aromatic carbocycles. The van der Waals surface area contributed by atoms with Crippen LogP contribution in [0.5, 0.6) is 0 Å². The summed E-state index contributed by atoms with van der Waals surface area (Å²) in [5.74, 6) is 4.26. The summed E-state index contributed by atoms with van der Waals surface area (Å²) in [5.41, 5.74) is 0. The van der Waals surface area contributed by atoms with Crippen molar-refractivity contribution in [2.45, 2.75) is 69.9 Å². The smallest absolute Gasteiger partial charge is 0.0972 e. The molecule has 4 aliphatic rings. The van der Waals surface area contributed by atoms with Crippen molar-refractivity contribution in [2.75, 3.05) is 0 Å². The summed E-state index contributed by atoms with van der Waals surface area (Å²) in [6.07, 6.45) is 12.8. The van der Waals surface area contributed by atoms with Crippen LogP contribution >= 0.6 is 0 Å². The van der Waals surface area contributed by atoms with Crippen LogP contribution in [0.2, 0.25) is 0 Å². The fraction of sp³-hybridized carbons (Fsp3) is 0.933. The highest BCUT2D eigenvalue weighted by atomic mass is 15.1. The summed E-state index contributed by atoms with van der Waals surface area (Å²) in [6, 6.07) is 1.49. The molecule has 3 fully saturated rings. The van der Waals surface area contributed by atoms with E-state index in [4.69, 9.17) is 4.99 Å². The van der Waals surface area contributed by atoms with Crippen LogP contribution in [0.4, 0.5) is 0 Å². The largest absolute Gasteiger partial charge is 0.371 e. The second kappa shape index (κ2) is 4.00. The van der Waals surface area contributed by atoms with Gasteiger partial charge in [0.25, 0.3) is 0 Å². The number of hydrogen-bond acceptors (Lipinski definition) is 2. The van der Waals surface area contributed by atoms with Gasteiger partial charge >= 0.3 is 0 Å². The Morgan fingerprint density at radius 1 is 0.941 bits per heavy atom. The first kappa shape index (κ1) is 10.4. The molecule has 2 atom stereocenters. The van der Waals surface area contributed by atoms with E-state index >= 15 is 0 Å². The number of fused-ring (bicyclic) bond motifs is 1. The second-order valence-electron chi connectivity index (χ2n) is 6.74. The average molecular weight is 232 g/mol. The van der Waals surface area contributed by atoms with Crippen LogP contribution < -0.4 is 5.32 Å². The molecule has 0 radical (unpaired) electrons. The van der Waals surface area contributed by atoms with Crippen molar-refractivity contribution < 1.29 is 0 Å². The maximum Gasteiger partial charge on any atom is 0.0972 e. The number of nitrogens with zero attached hydrogens (tertiary/aromatic N) is 1. The highest BCUT2D eigenvalue weighted by Crippen LogP contribution is 2.45. The molecule has 1 N–H and O–H groups in total. The summed E-state index contributed by atoms with van der Waals surface area (Å²) in [5, 5.41) is 3.85. The molecule has 0 bridgehead atoms. The molecule has 1 heterocycles. The first-order valence-corrected chi connectivity index (χ1v) is 7.73. The number of rotatable bonds is 3. The lowest BCUT2D eigenvalue weighted by Crippen LogP contribution is -2.37. The third kappa shape index (κ3) is 2.11. The number of amidine groups is 1. The van der Waals surface area contributed by atoms with E-state index in [1.54, 1.807) is 0 Å². The Bertz CT molecular complexity index is 316. The third-order valence-electron chi connectivity index (χ3n) is 5.24. The van der Waals surface area contributed by atoms with Gasteiger partial charge in [-0.1, -0.05) is 12.8 Å². The lowest BCUT2D eigenvalue weighted by molar-refractivity contribution is 0.337. The van der Waals surface area contributed by atoms with Crippen LogP contribution in [-0.4, -0.2) is 17.9 Å². The number of hydrogen-bond donors (Lipinski definition) is 1. The van der Waals surface area contributed by atoms with Gasteiger partial charge in [-0.3, -0.25) is 4.99 Å². The summed E-state index contributed by atoms with van der Waals surface area (Å²) < 4.78 is 0. The van der Waals surface area contributed by atoms with Gasteiger partial charge in [-0.2, -0.15) is 0 Å². The van der Waals surface area contributed by atoms with Gasteiger partial charge in [0.1, 0.15) is 0 Å². The third-order valence-corrected chi connectivity index (χ3v) is 5.24. The molecule has 4 rings (SSSR count). The minimum atomic E-state index is 0.685. The van der Waals surface area contributed by atoms with E-state index in [1.807, 2.05) is 0 Å². The van der Waals surface area contributed by atoms with E-state index in [2.05, 4.69) is 5.32 Å². The topological polar surface area (TPSA) is 24.4 Å². The predicted molar refractivity (Wildman–Crippen MR) is 70.2 cm³/mol. The van der Waals surface area contributed by atoms with Crippen LogP contribution in [0.25, 0.3) is 0 Å². The van der Waals surface area contributed by atoms with E-state index in [9.17, 15) is 0 Å². The van der Waals surface area contributed by atoms with Gasteiger partial charge in [-0.15, -0.1) is 0 Å². The zero-order chi connectivity index (χ0) is 11.2. The molecule has 3 aliphatic carbocycles. The number of aliphatic imine (C=N–C) groups is 1. The van der Waals surface area contributed by atoms with Crippen molar-refractivity contribution in [3.63, 3.8) is 0 Å². The van der Waals surface area contributed by atoms with E-state index in [1.165, 1.54) is 63.6 Å². The van der Waals surface area contributed by atoms with E-state index < -0.39 is 0 Å². The Labute approximate surface area is 104 Å². The van der Waals surface area contributed by atoms with E-state index in [0.717, 1.165) is 23.8 Å². The van der Waals surface area contributed by atoms with Crippen molar-refractivity contribution in [3.05, 3.63) is 0 Å². The highest BCUT2D eigenvalue weighted by molar-refractivity contribution is 5.84. The first-order chi connectivity index (χ1) is 8.40. The molecule has 0 unspecified atom stereocenters. The zero-order valence-electron chi connectivity index (χ0n) is 10.7. The predicted octanol–water partition coefficient (Wildman–Crippen LogP) is 3.13. The molecule has 0 spiro atoms. The van der Waals surface area contributed by atoms with Crippen molar-refractivity contribution in [3.8, 4) is 0 Å². The van der Waals surface area contributed by atoms with Crippen LogP contribution in [0.1, 0.15) is 57.8 Å². The minimum absolute atomic E-state index is 0.685. The van der Waals surface area contributed by atoms with Crippen LogP contribution in [0.15, 0.2) is 4.99 Å². The lowest BCUT2D eigenvalue weighted by atomic mass is 9.85. The maximum absolute atomic E-state index is 4.98. The molecule has 0 saturated heterocycles. The second-order valence-corrected chi connectivity index (χ2v) is 6.74. The van der Waals surface area contributed by atoms with Gasteiger partial charge in [-0.05, 0) is 56.3 Å². The zero-order valence-corrected chi connectivity index (χ0v) is 10.7. The van der Waals surface area contributed by atoms with Crippen molar-refractivity contribution in [1.29, 1.82) is 0 Å². The Morgan fingerprint density at radius 2 is 1.65 bits per heavy atom. The molecule has 94 valence electrons. The van der Waals surface area contributed by atoms with Crippen LogP contribution in [0, 0.1) is 17.8 Å². The fourth-order valence-electron chi connectivity index (χ4n) is 3.92. The normalized spacial score (nSPS) is 36.9. The van der Waals surface area contributed by atoms with Gasteiger partial charge in [0, 0.05) is 12.5 Å². The maximum atomic E-state index is 4.98. The molecule has 2 nitrogen and oxygen atoms in total. The Balaban J connectivity index is 1.41. The van der Waals surface area contributed by atoms with Crippen LogP contribution in [-0.2, 0) is 0 Å². The fourth-order valence-corrected chi connectivity index (χ4v) is 3.92. The van der Waals surface area contributed by atoms with Crippen LogP contribution in [0.3, 0.4) is 0 Å². The molecule has 1 aliphatic heterocycles. The molecule has 0 amide bonds. The molecular weight excluding hydrogens is 208 g/mol. The van der Waals surface area contributed by atoms with Crippen molar-refractivity contribution in [1.82, 2.24) is 5.32 Å². The Hall–Kier alpha value is -0.530. The first-order valence-electron chi connectivity index (χ1n) is 7.73. The molecule has 2 heteroatoms. The van der Waals surface area contributed by atoms with Gasteiger partial charge in [-0.25, -0.2) is 0 Å². The van der Waals surface area contributed by atoms with Gasteiger partial charge in [0.05, 0.1) is 11.9 Å². The number of nitrogens with one attached hydrogen (secondary N) is 1. The van der Waals surface area contributed by atoms with Gasteiger partial charge in [0.2, 0.25) is 0 Å². The molecule has 0 aromatic heterocycles. The van der Waals surface area contributed by atoms with Crippen molar-refractivity contribution >= 4 is 5.84 Å². The van der Waals surface area contributed by atoms with E-state index in [-0.39, 0.29) is 0 Å². The lowest BCUT2D eigenvalue weighted by Gasteiger charge is -2.22. The van der Waals surface area contributed by atoms with E-state index in [0.29, 0.717) is 6.04 Å². The quantitative estimate of drug-likeness (QED) is 0.794. The van der Waals surface area contributed by atoms with Gasteiger partial charge < -0.3 is 5.32 Å². The summed E-state index contributed by atoms with van der Waals surface area (Å²) >= 11 is 0. The summed E-state index contributed by atoms with van der Waals surface area (Å²) in [7, 11) is 0. The Kier molecular flexibility index (Phi) is 2.44. The Morgan fingerprint density at radius 3 is 2.29 bits per heavy atom. The SMILES string of the molecule is C1CC[C@H]2N=C(NC(C3CC3)C3CC3)C[C@H]2C1. The van der Waals surface area contributed by atoms with Gasteiger partial charge in [0.15, 0.2) is 0 Å². The minimum Gasteiger partial charge on any atom is -0.371 e. The standard InChI is InChI=1S/C15H24N2/c1-2-4-13-12(3-1)9-14(16-13)17-15(10-5-6-10)11-7-8-11/h10-13,15H,1-9H2,(H,16,17)/t12-,13-/m1/s1. The average Bonchev–Trinajstić information content (AvgIpc) is 3.22. The highest BCUT2D eigenvalue weighted by Gasteiger charge is 2.43. The summed E-state index contributed by atoms with van der Waals surface area (Å²) in [4.78, 5) is 4.98. The van der Waals surface area contributed by atoms with Crippen molar-refractivity contribution in [2.24, 2.45) is 22.7 Å².